The van der Waals surface area contributed by atoms with Crippen molar-refractivity contribution in [3.63, 3.8) is 0 Å². The van der Waals surface area contributed by atoms with Gasteiger partial charge in [-0.05, 0) is 26.2 Å². The fourth-order valence-electron chi connectivity index (χ4n) is 3.42. The van der Waals surface area contributed by atoms with Crippen LogP contribution in [0.2, 0.25) is 0 Å². The first-order valence-electron chi connectivity index (χ1n) is 10.4. The maximum absolute atomic E-state index is 12.8. The molecule has 1 fully saturated rings. The molecule has 0 saturated carbocycles. The minimum Gasteiger partial charge on any atom is -0.394 e. The van der Waals surface area contributed by atoms with Crippen LogP contribution in [0.25, 0.3) is 0 Å². The van der Waals surface area contributed by atoms with Gasteiger partial charge < -0.3 is 42.5 Å². The molecule has 1 aliphatic heterocycles. The number of likely N-dealkylation sites (tertiary alicyclic amines) is 1. The lowest BCUT2D eigenvalue weighted by atomic mass is 10.1. The molecule has 1 rings (SSSR count). The minimum atomic E-state index is -1.49. The van der Waals surface area contributed by atoms with Crippen LogP contribution in [0.4, 0.5) is 0 Å². The van der Waals surface area contributed by atoms with E-state index in [2.05, 4.69) is 16.0 Å². The Bertz CT molecular complexity index is 773. The van der Waals surface area contributed by atoms with E-state index in [1.807, 2.05) is 0 Å². The molecule has 33 heavy (non-hydrogen) atoms. The zero-order valence-corrected chi connectivity index (χ0v) is 18.6. The lowest BCUT2D eigenvalue weighted by Gasteiger charge is -2.30. The van der Waals surface area contributed by atoms with Crippen LogP contribution in [0.1, 0.15) is 39.5 Å². The number of nitrogens with zero attached hydrogens (tertiary/aromatic N) is 1. The number of nitrogens with two attached hydrogens (primary N) is 2. The molecule has 1 saturated heterocycles. The number of amides is 6. The molecular weight excluding hydrogens is 440 g/mol. The van der Waals surface area contributed by atoms with Gasteiger partial charge >= 0.3 is 0 Å². The van der Waals surface area contributed by atoms with Gasteiger partial charge in [0.05, 0.1) is 12.7 Å². The van der Waals surface area contributed by atoms with Gasteiger partial charge in [0.15, 0.2) is 0 Å². The quantitative estimate of drug-likeness (QED) is 0.146. The van der Waals surface area contributed by atoms with Crippen LogP contribution in [-0.2, 0) is 28.8 Å². The summed E-state index contributed by atoms with van der Waals surface area (Å²) in [5.74, 6) is -4.50. The van der Waals surface area contributed by atoms with Gasteiger partial charge in [0.2, 0.25) is 35.4 Å². The Labute approximate surface area is 190 Å². The number of nitrogens with one attached hydrogen (secondary N) is 3. The van der Waals surface area contributed by atoms with Gasteiger partial charge in [0.1, 0.15) is 24.2 Å². The largest absolute Gasteiger partial charge is 0.394 e. The highest BCUT2D eigenvalue weighted by Gasteiger charge is 2.39. The first kappa shape index (κ1) is 27.8. The van der Waals surface area contributed by atoms with Crippen molar-refractivity contribution in [3.05, 3.63) is 0 Å². The Hall–Kier alpha value is -3.26. The molecule has 0 unspecified atom stereocenters. The molecule has 14 nitrogen and oxygen atoms in total. The highest BCUT2D eigenvalue weighted by Crippen LogP contribution is 2.19. The van der Waals surface area contributed by atoms with E-state index in [-0.39, 0.29) is 25.8 Å². The molecule has 5 atom stereocenters. The van der Waals surface area contributed by atoms with Crippen LogP contribution in [0.5, 0.6) is 0 Å². The van der Waals surface area contributed by atoms with Crippen LogP contribution >= 0.6 is 0 Å². The number of hydrogen-bond acceptors (Lipinski definition) is 8. The smallest absolute Gasteiger partial charge is 0.248 e. The third-order valence-electron chi connectivity index (χ3n) is 5.10. The van der Waals surface area contributed by atoms with Gasteiger partial charge in [-0.3, -0.25) is 28.8 Å². The summed E-state index contributed by atoms with van der Waals surface area (Å²) in [7, 11) is 0. The monoisotopic (exact) mass is 472 g/mol. The Morgan fingerprint density at radius 2 is 1.70 bits per heavy atom. The average molecular weight is 472 g/mol. The molecule has 0 radical (unpaired) electrons. The number of rotatable bonds is 12. The van der Waals surface area contributed by atoms with E-state index in [0.29, 0.717) is 6.42 Å². The lowest BCUT2D eigenvalue weighted by Crippen LogP contribution is -2.60. The molecule has 0 spiro atoms. The van der Waals surface area contributed by atoms with E-state index < -0.39 is 72.3 Å². The first-order valence-corrected chi connectivity index (χ1v) is 10.4. The van der Waals surface area contributed by atoms with Gasteiger partial charge in [0.25, 0.3) is 0 Å². The molecule has 0 aromatic carbocycles. The Morgan fingerprint density at radius 1 is 1.06 bits per heavy atom. The molecule has 1 aliphatic rings. The van der Waals surface area contributed by atoms with Crippen molar-refractivity contribution in [2.45, 2.75) is 69.8 Å². The van der Waals surface area contributed by atoms with E-state index in [1.165, 1.54) is 18.7 Å². The summed E-state index contributed by atoms with van der Waals surface area (Å²) in [6.07, 6.45) is -1.04. The van der Waals surface area contributed by atoms with Gasteiger partial charge in [0, 0.05) is 19.9 Å². The number of aliphatic hydroxyl groups is 2. The highest BCUT2D eigenvalue weighted by atomic mass is 16.3. The SMILES string of the molecule is CC(=O)N[C@@H](CO)C(=O)N1CCC[C@H]1C(=O)N[C@H](C(=O)N[C@@H](CCC(N)=O)C(N)=O)[C@@H](C)O. The van der Waals surface area contributed by atoms with Gasteiger partial charge in [-0.2, -0.15) is 0 Å². The second-order valence-electron chi connectivity index (χ2n) is 7.82. The van der Waals surface area contributed by atoms with Crippen molar-refractivity contribution in [2.75, 3.05) is 13.2 Å². The zero-order chi connectivity index (χ0) is 25.3. The summed E-state index contributed by atoms with van der Waals surface area (Å²) in [4.78, 5) is 73.1. The van der Waals surface area contributed by atoms with Crippen molar-refractivity contribution in [2.24, 2.45) is 11.5 Å². The van der Waals surface area contributed by atoms with Gasteiger partial charge in [-0.1, -0.05) is 0 Å². The summed E-state index contributed by atoms with van der Waals surface area (Å²) >= 11 is 0. The number of carbonyl (C=O) groups is 6. The number of aliphatic hydroxyl groups excluding tert-OH is 2. The van der Waals surface area contributed by atoms with Gasteiger partial charge in [-0.15, -0.1) is 0 Å². The summed E-state index contributed by atoms with van der Waals surface area (Å²) in [6.45, 7) is 1.94. The molecule has 0 aliphatic carbocycles. The van der Waals surface area contributed by atoms with Gasteiger partial charge in [-0.25, -0.2) is 0 Å². The summed E-state index contributed by atoms with van der Waals surface area (Å²) in [5, 5.41) is 26.4. The molecule has 14 heteroatoms. The average Bonchev–Trinajstić information content (AvgIpc) is 3.21. The van der Waals surface area contributed by atoms with Crippen molar-refractivity contribution in [3.8, 4) is 0 Å². The summed E-state index contributed by atoms with van der Waals surface area (Å²) < 4.78 is 0. The molecule has 0 aromatic rings. The third-order valence-corrected chi connectivity index (χ3v) is 5.10. The predicted octanol–water partition coefficient (Wildman–Crippen LogP) is -4.42. The van der Waals surface area contributed by atoms with Crippen molar-refractivity contribution >= 4 is 35.4 Å². The zero-order valence-electron chi connectivity index (χ0n) is 18.6. The normalized spacial score (nSPS) is 19.0. The Balaban J connectivity index is 2.91. The van der Waals surface area contributed by atoms with Crippen LogP contribution in [0.15, 0.2) is 0 Å². The predicted molar refractivity (Wildman–Crippen MR) is 113 cm³/mol. The van der Waals surface area contributed by atoms with E-state index in [9.17, 15) is 39.0 Å². The standard InChI is InChI=1S/C19H32N6O8/c1-9(27)15(18(32)23-11(16(21)30)5-6-14(20)29)24-17(31)13-4-3-7-25(13)19(33)12(8-26)22-10(2)28/h9,11-13,15,26-27H,3-8H2,1-2H3,(H2,20,29)(H2,21,30)(H,22,28)(H,23,32)(H,24,31)/t9-,11+,12+,13+,15+/m1/s1. The molecule has 1 heterocycles. The maximum atomic E-state index is 12.8. The highest BCUT2D eigenvalue weighted by molar-refractivity contribution is 5.96. The van der Waals surface area contributed by atoms with Crippen LogP contribution in [0, 0.1) is 0 Å². The second-order valence-corrected chi connectivity index (χ2v) is 7.82. The van der Waals surface area contributed by atoms with Crippen LogP contribution in [-0.4, -0.2) is 94.0 Å². The van der Waals surface area contributed by atoms with Crippen LogP contribution in [0.3, 0.4) is 0 Å². The van der Waals surface area contributed by atoms with E-state index >= 15 is 0 Å². The fourth-order valence-corrected chi connectivity index (χ4v) is 3.42. The lowest BCUT2D eigenvalue weighted by molar-refractivity contribution is -0.143. The summed E-state index contributed by atoms with van der Waals surface area (Å²) in [5.41, 5.74) is 10.3. The van der Waals surface area contributed by atoms with Crippen molar-refractivity contribution in [1.29, 1.82) is 0 Å². The third kappa shape index (κ3) is 8.31. The first-order chi connectivity index (χ1) is 15.4. The molecule has 0 bridgehead atoms. The number of hydrogen-bond donors (Lipinski definition) is 7. The van der Waals surface area contributed by atoms with E-state index in [0.717, 1.165) is 0 Å². The fraction of sp³-hybridized carbons (Fsp3) is 0.684. The molecule has 186 valence electrons. The second kappa shape index (κ2) is 12.7. The van der Waals surface area contributed by atoms with E-state index in [1.54, 1.807) is 0 Å². The number of carbonyl (C=O) groups excluding carboxylic acids is 6. The van der Waals surface area contributed by atoms with Crippen LogP contribution < -0.4 is 27.4 Å². The molecule has 0 aromatic heterocycles. The Kier molecular flexibility index (Phi) is 10.7. The number of primary amides is 2. The van der Waals surface area contributed by atoms with Crippen molar-refractivity contribution < 1.29 is 39.0 Å². The molecular formula is C19H32N6O8. The molecule has 9 N–H and O–H groups in total. The minimum absolute atomic E-state index is 0.159. The van der Waals surface area contributed by atoms with Crippen molar-refractivity contribution in [1.82, 2.24) is 20.9 Å². The van der Waals surface area contributed by atoms with E-state index in [4.69, 9.17) is 11.5 Å². The Morgan fingerprint density at radius 3 is 2.18 bits per heavy atom. The summed E-state index contributed by atoms with van der Waals surface area (Å²) in [6, 6.07) is -4.98. The molecule has 6 amide bonds. The topological polar surface area (TPSA) is 234 Å². The maximum Gasteiger partial charge on any atom is 0.248 e.